The fraction of sp³-hybridized carbons (Fsp3) is 0.417. The van der Waals surface area contributed by atoms with Crippen molar-refractivity contribution in [3.63, 3.8) is 0 Å². The zero-order chi connectivity index (χ0) is 15.0. The summed E-state index contributed by atoms with van der Waals surface area (Å²) in [7, 11) is 0. The van der Waals surface area contributed by atoms with Crippen LogP contribution in [0.4, 0.5) is 10.1 Å². The highest BCUT2D eigenvalue weighted by Gasteiger charge is 2.20. The summed E-state index contributed by atoms with van der Waals surface area (Å²) in [5.74, 6) is -1.35. The monoisotopic (exact) mass is 348 g/mol. The van der Waals surface area contributed by atoms with Gasteiger partial charge in [0.05, 0.1) is 17.6 Å². The van der Waals surface area contributed by atoms with Gasteiger partial charge in [0.2, 0.25) is 0 Å². The van der Waals surface area contributed by atoms with Crippen LogP contribution in [0.3, 0.4) is 0 Å². The van der Waals surface area contributed by atoms with Gasteiger partial charge in [0.1, 0.15) is 11.4 Å². The maximum absolute atomic E-state index is 12.9. The molecule has 1 rings (SSSR count). The first-order valence-electron chi connectivity index (χ1n) is 5.92. The molecule has 6 nitrogen and oxygen atoms in total. The van der Waals surface area contributed by atoms with Crippen LogP contribution in [0.2, 0.25) is 0 Å². The van der Waals surface area contributed by atoms with E-state index >= 15 is 0 Å². The van der Waals surface area contributed by atoms with E-state index in [0.29, 0.717) is 26.2 Å². The average molecular weight is 349 g/mol. The van der Waals surface area contributed by atoms with Crippen LogP contribution in [0.15, 0.2) is 18.2 Å². The van der Waals surface area contributed by atoms with Crippen molar-refractivity contribution in [1.82, 2.24) is 5.32 Å². The topological polar surface area (TPSA) is 81.5 Å². The Morgan fingerprint density at radius 1 is 1.45 bits per heavy atom. The summed E-state index contributed by atoms with van der Waals surface area (Å²) < 4.78 is 18.1. The molecule has 0 saturated heterocycles. The lowest BCUT2D eigenvalue weighted by molar-refractivity contribution is -0.385. The molecule has 0 fully saturated rings. The van der Waals surface area contributed by atoms with E-state index in [4.69, 9.17) is 4.74 Å². The maximum atomic E-state index is 12.9. The second kappa shape index (κ2) is 8.60. The minimum absolute atomic E-state index is 0.155. The highest BCUT2D eigenvalue weighted by atomic mass is 79.9. The number of carbonyl (C=O) groups is 1. The molecule has 0 unspecified atom stereocenters. The predicted molar refractivity (Wildman–Crippen MR) is 74.6 cm³/mol. The molecule has 0 saturated carbocycles. The van der Waals surface area contributed by atoms with E-state index < -0.39 is 22.3 Å². The third-order valence-electron chi connectivity index (χ3n) is 2.37. The van der Waals surface area contributed by atoms with Crippen molar-refractivity contribution in [2.24, 2.45) is 0 Å². The molecule has 110 valence electrons. The second-order valence-corrected chi connectivity index (χ2v) is 4.62. The van der Waals surface area contributed by atoms with Gasteiger partial charge in [0.25, 0.3) is 11.6 Å². The molecule has 0 aliphatic rings. The minimum Gasteiger partial charge on any atom is -0.381 e. The molecule has 0 aromatic heterocycles. The lowest BCUT2D eigenvalue weighted by Gasteiger charge is -2.06. The Kier molecular flexibility index (Phi) is 7.10. The molecule has 0 aliphatic heterocycles. The third kappa shape index (κ3) is 5.22. The molecule has 8 heteroatoms. The van der Waals surface area contributed by atoms with Crippen molar-refractivity contribution in [3.8, 4) is 0 Å². The molecule has 0 heterocycles. The summed E-state index contributed by atoms with van der Waals surface area (Å²) in [6, 6.07) is 2.85. The van der Waals surface area contributed by atoms with Crippen LogP contribution in [0.5, 0.6) is 0 Å². The Labute approximate surface area is 123 Å². The highest BCUT2D eigenvalue weighted by Crippen LogP contribution is 2.19. The lowest BCUT2D eigenvalue weighted by Crippen LogP contribution is -2.26. The minimum atomic E-state index is -0.781. The summed E-state index contributed by atoms with van der Waals surface area (Å²) in [6.07, 6.45) is 0.591. The van der Waals surface area contributed by atoms with Crippen LogP contribution in [0.1, 0.15) is 16.8 Å². The van der Waals surface area contributed by atoms with Crippen LogP contribution in [0, 0.1) is 15.9 Å². The molecular formula is C12H14BrFN2O4. The van der Waals surface area contributed by atoms with E-state index in [9.17, 15) is 19.3 Å². The quantitative estimate of drug-likeness (QED) is 0.338. The van der Waals surface area contributed by atoms with Gasteiger partial charge in [-0.3, -0.25) is 14.9 Å². The van der Waals surface area contributed by atoms with Gasteiger partial charge in [-0.15, -0.1) is 0 Å². The number of amides is 1. The van der Waals surface area contributed by atoms with Gasteiger partial charge in [-0.1, -0.05) is 15.9 Å². The van der Waals surface area contributed by atoms with Gasteiger partial charge in [-0.2, -0.15) is 0 Å². The number of nitro groups is 1. The van der Waals surface area contributed by atoms with Crippen LogP contribution in [-0.4, -0.2) is 35.9 Å². The summed E-state index contributed by atoms with van der Waals surface area (Å²) in [4.78, 5) is 21.8. The number of alkyl halides is 1. The van der Waals surface area contributed by atoms with Crippen LogP contribution >= 0.6 is 15.9 Å². The summed E-state index contributed by atoms with van der Waals surface area (Å²) in [5.41, 5.74) is -0.698. The number of nitrogens with one attached hydrogen (secondary N) is 1. The first-order valence-corrected chi connectivity index (χ1v) is 7.04. The maximum Gasteiger partial charge on any atom is 0.285 e. The molecule has 1 aromatic carbocycles. The normalized spacial score (nSPS) is 10.3. The van der Waals surface area contributed by atoms with Crippen LogP contribution < -0.4 is 5.32 Å². The van der Waals surface area contributed by atoms with E-state index in [1.54, 1.807) is 0 Å². The molecule has 1 aromatic rings. The molecule has 0 bridgehead atoms. The van der Waals surface area contributed by atoms with Gasteiger partial charge in [-0.25, -0.2) is 4.39 Å². The van der Waals surface area contributed by atoms with Crippen LogP contribution in [-0.2, 0) is 4.74 Å². The number of ether oxygens (including phenoxy) is 1. The second-order valence-electron chi connectivity index (χ2n) is 3.83. The Hall–Kier alpha value is -1.54. The number of nitrogens with zero attached hydrogens (tertiary/aromatic N) is 1. The first-order chi connectivity index (χ1) is 9.56. The van der Waals surface area contributed by atoms with Gasteiger partial charge >= 0.3 is 0 Å². The van der Waals surface area contributed by atoms with Gasteiger partial charge in [0.15, 0.2) is 0 Å². The number of hydrogen-bond acceptors (Lipinski definition) is 4. The van der Waals surface area contributed by atoms with Gasteiger partial charge in [-0.05, 0) is 18.6 Å². The largest absolute Gasteiger partial charge is 0.381 e. The predicted octanol–water partition coefficient (Wildman–Crippen LogP) is 2.27. The lowest BCUT2D eigenvalue weighted by atomic mass is 10.1. The SMILES string of the molecule is O=C(NCCCOCCBr)c1ccc(F)cc1[N+](=O)[O-]. The smallest absolute Gasteiger partial charge is 0.285 e. The Morgan fingerprint density at radius 2 is 2.20 bits per heavy atom. The number of halogens is 2. The molecule has 0 aliphatic carbocycles. The van der Waals surface area contributed by atoms with Gasteiger partial charge in [0, 0.05) is 18.5 Å². The Bertz CT molecular complexity index is 485. The molecule has 0 radical (unpaired) electrons. The van der Waals surface area contributed by atoms with Crippen molar-refractivity contribution >= 4 is 27.5 Å². The average Bonchev–Trinajstić information content (AvgIpc) is 2.42. The zero-order valence-corrected chi connectivity index (χ0v) is 12.2. The van der Waals surface area contributed by atoms with Crippen molar-refractivity contribution in [1.29, 1.82) is 0 Å². The van der Waals surface area contributed by atoms with E-state index in [1.807, 2.05) is 0 Å². The first kappa shape index (κ1) is 16.5. The summed E-state index contributed by atoms with van der Waals surface area (Å²) in [6.45, 7) is 1.39. The Balaban J connectivity index is 2.53. The number of rotatable bonds is 8. The molecule has 1 N–H and O–H groups in total. The number of nitro benzene ring substituents is 1. The van der Waals surface area contributed by atoms with Crippen molar-refractivity contribution in [2.45, 2.75) is 6.42 Å². The summed E-state index contributed by atoms with van der Waals surface area (Å²) >= 11 is 3.21. The highest BCUT2D eigenvalue weighted by molar-refractivity contribution is 9.09. The van der Waals surface area contributed by atoms with E-state index in [-0.39, 0.29) is 5.56 Å². The number of hydrogen-bond donors (Lipinski definition) is 1. The zero-order valence-electron chi connectivity index (χ0n) is 10.6. The number of carbonyl (C=O) groups excluding carboxylic acids is 1. The van der Waals surface area contributed by atoms with E-state index in [2.05, 4.69) is 21.2 Å². The van der Waals surface area contributed by atoms with Crippen LogP contribution in [0.25, 0.3) is 0 Å². The fourth-order valence-corrected chi connectivity index (χ4v) is 1.70. The van der Waals surface area contributed by atoms with E-state index in [1.165, 1.54) is 0 Å². The fourth-order valence-electron chi connectivity index (χ4n) is 1.48. The van der Waals surface area contributed by atoms with Crippen molar-refractivity contribution in [2.75, 3.05) is 25.1 Å². The standard InChI is InChI=1S/C12H14BrFN2O4/c13-4-7-20-6-1-5-15-12(17)10-3-2-9(14)8-11(10)16(18)19/h2-3,8H,1,4-7H2,(H,15,17). The summed E-state index contributed by atoms with van der Waals surface area (Å²) in [5, 5.41) is 14.0. The molecule has 0 atom stereocenters. The third-order valence-corrected chi connectivity index (χ3v) is 2.70. The van der Waals surface area contributed by atoms with E-state index in [0.717, 1.165) is 23.5 Å². The number of benzene rings is 1. The molecule has 0 spiro atoms. The van der Waals surface area contributed by atoms with Crippen molar-refractivity contribution < 1.29 is 18.8 Å². The Morgan fingerprint density at radius 3 is 2.85 bits per heavy atom. The van der Waals surface area contributed by atoms with Crippen molar-refractivity contribution in [3.05, 3.63) is 39.7 Å². The molecule has 1 amide bonds. The molecule has 20 heavy (non-hydrogen) atoms. The molecular weight excluding hydrogens is 335 g/mol. The van der Waals surface area contributed by atoms with Gasteiger partial charge < -0.3 is 10.1 Å².